The molecule has 0 aliphatic heterocycles. The van der Waals surface area contributed by atoms with Gasteiger partial charge in [-0.05, 0) is 13.0 Å². The number of amides is 1. The van der Waals surface area contributed by atoms with Crippen molar-refractivity contribution >= 4 is 5.91 Å². The van der Waals surface area contributed by atoms with Crippen molar-refractivity contribution in [2.24, 2.45) is 0 Å². The van der Waals surface area contributed by atoms with Crippen LogP contribution in [0.15, 0.2) is 16.9 Å². The molecular weight excluding hydrogens is 198 g/mol. The maximum Gasteiger partial charge on any atom is 0.274 e. The summed E-state index contributed by atoms with van der Waals surface area (Å²) in [5.74, 6) is -0.341. The van der Waals surface area contributed by atoms with Crippen molar-refractivity contribution in [3.63, 3.8) is 0 Å². The van der Waals surface area contributed by atoms with Crippen LogP contribution < -0.4 is 5.56 Å². The van der Waals surface area contributed by atoms with E-state index in [9.17, 15) is 9.59 Å². The van der Waals surface area contributed by atoms with Gasteiger partial charge < -0.3 is 10.0 Å². The Hall–Kier alpha value is -1.69. The summed E-state index contributed by atoms with van der Waals surface area (Å²) < 4.78 is 0. The van der Waals surface area contributed by atoms with Crippen LogP contribution in [0.3, 0.4) is 0 Å². The van der Waals surface area contributed by atoms with E-state index in [-0.39, 0.29) is 23.7 Å². The maximum absolute atomic E-state index is 11.6. The first-order valence-corrected chi connectivity index (χ1v) is 4.50. The van der Waals surface area contributed by atoms with Gasteiger partial charge in [0.1, 0.15) is 5.69 Å². The summed E-state index contributed by atoms with van der Waals surface area (Å²) in [5, 5.41) is 14.9. The Bertz CT molecular complexity index is 379. The first-order valence-electron chi connectivity index (χ1n) is 4.50. The summed E-state index contributed by atoms with van der Waals surface area (Å²) in [5.41, 5.74) is -0.206. The third-order valence-electron chi connectivity index (χ3n) is 1.78. The van der Waals surface area contributed by atoms with E-state index in [1.54, 1.807) is 14.0 Å². The number of carbonyl (C=O) groups excluding carboxylic acids is 1. The molecule has 6 nitrogen and oxygen atoms in total. The number of aliphatic hydroxyl groups excluding tert-OH is 1. The highest BCUT2D eigenvalue weighted by Crippen LogP contribution is 1.97. The normalized spacial score (nSPS) is 12.2. The van der Waals surface area contributed by atoms with E-state index in [1.807, 2.05) is 0 Å². The van der Waals surface area contributed by atoms with Crippen LogP contribution in [0.2, 0.25) is 0 Å². The van der Waals surface area contributed by atoms with E-state index in [0.717, 1.165) is 0 Å². The zero-order valence-corrected chi connectivity index (χ0v) is 8.60. The fourth-order valence-corrected chi connectivity index (χ4v) is 1.14. The van der Waals surface area contributed by atoms with E-state index >= 15 is 0 Å². The van der Waals surface area contributed by atoms with Crippen LogP contribution in [-0.2, 0) is 0 Å². The van der Waals surface area contributed by atoms with E-state index < -0.39 is 6.10 Å². The Morgan fingerprint density at radius 2 is 2.33 bits per heavy atom. The summed E-state index contributed by atoms with van der Waals surface area (Å²) in [6.45, 7) is 1.81. The Labute approximate surface area is 86.5 Å². The molecule has 82 valence electrons. The molecule has 0 fully saturated rings. The summed E-state index contributed by atoms with van der Waals surface area (Å²) in [6, 6.07) is 2.58. The van der Waals surface area contributed by atoms with Crippen LogP contribution in [0, 0.1) is 0 Å². The predicted molar refractivity (Wildman–Crippen MR) is 53.5 cm³/mol. The number of hydrogen-bond donors (Lipinski definition) is 2. The van der Waals surface area contributed by atoms with Gasteiger partial charge >= 0.3 is 0 Å². The highest BCUT2D eigenvalue weighted by molar-refractivity contribution is 5.91. The van der Waals surface area contributed by atoms with E-state index in [2.05, 4.69) is 10.2 Å². The first kappa shape index (κ1) is 11.4. The van der Waals surface area contributed by atoms with Crippen LogP contribution in [0.5, 0.6) is 0 Å². The molecule has 0 spiro atoms. The van der Waals surface area contributed by atoms with Crippen molar-refractivity contribution in [3.05, 3.63) is 28.2 Å². The van der Waals surface area contributed by atoms with Gasteiger partial charge in [-0.3, -0.25) is 9.59 Å². The third-order valence-corrected chi connectivity index (χ3v) is 1.78. The highest BCUT2D eigenvalue weighted by Gasteiger charge is 2.14. The largest absolute Gasteiger partial charge is 0.392 e. The van der Waals surface area contributed by atoms with Crippen LogP contribution in [-0.4, -0.2) is 45.8 Å². The lowest BCUT2D eigenvalue weighted by atomic mass is 10.3. The molecule has 1 amide bonds. The van der Waals surface area contributed by atoms with Gasteiger partial charge in [-0.25, -0.2) is 5.10 Å². The van der Waals surface area contributed by atoms with Gasteiger partial charge in [0.25, 0.3) is 11.5 Å². The first-order chi connectivity index (χ1) is 7.00. The Morgan fingerprint density at radius 3 is 2.80 bits per heavy atom. The van der Waals surface area contributed by atoms with Crippen LogP contribution in [0.25, 0.3) is 0 Å². The minimum atomic E-state index is -0.596. The van der Waals surface area contributed by atoms with Gasteiger partial charge in [0, 0.05) is 19.7 Å². The van der Waals surface area contributed by atoms with Crippen molar-refractivity contribution in [2.75, 3.05) is 13.6 Å². The molecule has 1 heterocycles. The smallest absolute Gasteiger partial charge is 0.274 e. The number of aliphatic hydroxyl groups is 1. The molecule has 1 aromatic heterocycles. The molecule has 1 atom stereocenters. The number of nitrogens with zero attached hydrogens (tertiary/aromatic N) is 2. The topological polar surface area (TPSA) is 86.3 Å². The van der Waals surface area contributed by atoms with Crippen molar-refractivity contribution < 1.29 is 9.90 Å². The highest BCUT2D eigenvalue weighted by atomic mass is 16.3. The molecule has 0 aliphatic carbocycles. The average Bonchev–Trinajstić information content (AvgIpc) is 2.17. The SMILES string of the molecule is CC(O)CN(C)C(=O)c1ccc(=O)[nH]n1. The molecule has 1 rings (SSSR count). The summed E-state index contributed by atoms with van der Waals surface area (Å²) in [7, 11) is 1.56. The number of aromatic nitrogens is 2. The van der Waals surface area contributed by atoms with Crippen LogP contribution >= 0.6 is 0 Å². The molecule has 2 N–H and O–H groups in total. The molecule has 0 aromatic carbocycles. The number of nitrogens with one attached hydrogen (secondary N) is 1. The van der Waals surface area contributed by atoms with Gasteiger partial charge in [0.15, 0.2) is 0 Å². The second-order valence-corrected chi connectivity index (χ2v) is 3.34. The third kappa shape index (κ3) is 3.17. The quantitative estimate of drug-likeness (QED) is 0.687. The molecule has 15 heavy (non-hydrogen) atoms. The van der Waals surface area contributed by atoms with Gasteiger partial charge in [-0.2, -0.15) is 5.10 Å². The minimum absolute atomic E-state index is 0.151. The van der Waals surface area contributed by atoms with Gasteiger partial charge in [0.05, 0.1) is 6.10 Å². The van der Waals surface area contributed by atoms with Crippen molar-refractivity contribution in [1.82, 2.24) is 15.1 Å². The Kier molecular flexibility index (Phi) is 3.56. The predicted octanol–water partition coefficient (Wildman–Crippen LogP) is -0.777. The summed E-state index contributed by atoms with van der Waals surface area (Å²) >= 11 is 0. The second-order valence-electron chi connectivity index (χ2n) is 3.34. The summed E-state index contributed by atoms with van der Waals surface area (Å²) in [4.78, 5) is 23.7. The second kappa shape index (κ2) is 4.70. The maximum atomic E-state index is 11.6. The number of H-pyrrole nitrogens is 1. The van der Waals surface area contributed by atoms with Crippen LogP contribution in [0.4, 0.5) is 0 Å². The van der Waals surface area contributed by atoms with Gasteiger partial charge in [-0.15, -0.1) is 0 Å². The van der Waals surface area contributed by atoms with E-state index in [4.69, 9.17) is 5.11 Å². The monoisotopic (exact) mass is 211 g/mol. The minimum Gasteiger partial charge on any atom is -0.392 e. The number of likely N-dealkylation sites (N-methyl/N-ethyl adjacent to an activating group) is 1. The lowest BCUT2D eigenvalue weighted by Gasteiger charge is -2.17. The fraction of sp³-hybridized carbons (Fsp3) is 0.444. The fourth-order valence-electron chi connectivity index (χ4n) is 1.14. The Morgan fingerprint density at radius 1 is 1.67 bits per heavy atom. The molecular formula is C9H13N3O3. The molecule has 0 bridgehead atoms. The van der Waals surface area contributed by atoms with Crippen molar-refractivity contribution in [3.8, 4) is 0 Å². The Balaban J connectivity index is 2.76. The van der Waals surface area contributed by atoms with Gasteiger partial charge in [0.2, 0.25) is 0 Å². The van der Waals surface area contributed by atoms with E-state index in [0.29, 0.717) is 0 Å². The number of carbonyl (C=O) groups is 1. The molecule has 0 saturated carbocycles. The average molecular weight is 211 g/mol. The summed E-state index contributed by atoms with van der Waals surface area (Å²) in [6.07, 6.45) is -0.596. The van der Waals surface area contributed by atoms with Crippen LogP contribution in [0.1, 0.15) is 17.4 Å². The van der Waals surface area contributed by atoms with E-state index in [1.165, 1.54) is 17.0 Å². The van der Waals surface area contributed by atoms with Gasteiger partial charge in [-0.1, -0.05) is 0 Å². The lowest BCUT2D eigenvalue weighted by Crippen LogP contribution is -2.34. The molecule has 6 heteroatoms. The molecule has 1 unspecified atom stereocenters. The number of rotatable bonds is 3. The zero-order valence-electron chi connectivity index (χ0n) is 8.60. The number of aromatic amines is 1. The molecule has 0 radical (unpaired) electrons. The molecule has 0 saturated heterocycles. The number of hydrogen-bond acceptors (Lipinski definition) is 4. The van der Waals surface area contributed by atoms with Crippen molar-refractivity contribution in [2.45, 2.75) is 13.0 Å². The molecule has 0 aliphatic rings. The standard InChI is InChI=1S/C9H13N3O3/c1-6(13)5-12(2)9(15)7-3-4-8(14)11-10-7/h3-4,6,13H,5H2,1-2H3,(H,11,14). The molecule has 1 aromatic rings. The van der Waals surface area contributed by atoms with Crippen molar-refractivity contribution in [1.29, 1.82) is 0 Å². The lowest BCUT2D eigenvalue weighted by molar-refractivity contribution is 0.0697. The zero-order chi connectivity index (χ0) is 11.4.